The van der Waals surface area contributed by atoms with Crippen LogP contribution in [0.3, 0.4) is 0 Å². The van der Waals surface area contributed by atoms with Crippen LogP contribution in [0.25, 0.3) is 0 Å². The molecular formula is C31H36Cl2F3N5O3S. The Morgan fingerprint density at radius 1 is 1.22 bits per heavy atom. The maximum atomic E-state index is 13.5. The Balaban J connectivity index is 1.54. The lowest BCUT2D eigenvalue weighted by atomic mass is 9.98. The zero-order valence-electron chi connectivity index (χ0n) is 25.5. The van der Waals surface area contributed by atoms with Gasteiger partial charge in [0.25, 0.3) is 5.91 Å². The molecule has 1 aliphatic rings. The molecule has 1 N–H and O–H groups in total. The molecule has 0 aliphatic carbocycles. The van der Waals surface area contributed by atoms with Crippen molar-refractivity contribution in [3.63, 3.8) is 0 Å². The SMILES string of the molecule is CCOC(=O)c1c2c(nn1[C@H](C)CNC(C)c1ccc(SCCCCl)nc1)C[C@@H](C)N(C(=O)c1ccc(Cl)c(C(F)(F)F)c1)C2. The normalized spacial score (nSPS) is 16.3. The largest absolute Gasteiger partial charge is 0.461 e. The number of carbonyl (C=O) groups excluding carboxylic acids is 2. The number of aromatic nitrogens is 3. The van der Waals surface area contributed by atoms with Crippen LogP contribution in [0.4, 0.5) is 13.2 Å². The number of ether oxygens (including phenoxy) is 1. The Labute approximate surface area is 275 Å². The summed E-state index contributed by atoms with van der Waals surface area (Å²) in [5, 5.41) is 8.71. The van der Waals surface area contributed by atoms with Gasteiger partial charge in [-0.3, -0.25) is 9.48 Å². The quantitative estimate of drug-likeness (QED) is 0.0923. The summed E-state index contributed by atoms with van der Waals surface area (Å²) in [6.45, 7) is 8.04. The molecule has 45 heavy (non-hydrogen) atoms. The number of benzene rings is 1. The van der Waals surface area contributed by atoms with Crippen molar-refractivity contribution in [2.24, 2.45) is 0 Å². The number of thioether (sulfide) groups is 1. The number of alkyl halides is 4. The summed E-state index contributed by atoms with van der Waals surface area (Å²) in [5.74, 6) is 0.346. The van der Waals surface area contributed by atoms with Crippen molar-refractivity contribution in [1.29, 1.82) is 0 Å². The van der Waals surface area contributed by atoms with Crippen LogP contribution in [-0.4, -0.2) is 62.4 Å². The van der Waals surface area contributed by atoms with E-state index in [9.17, 15) is 22.8 Å². The molecule has 1 unspecified atom stereocenters. The second-order valence-electron chi connectivity index (χ2n) is 10.9. The van der Waals surface area contributed by atoms with Gasteiger partial charge in [0.05, 0.1) is 40.5 Å². The summed E-state index contributed by atoms with van der Waals surface area (Å²) in [6.07, 6.45) is -1.64. The van der Waals surface area contributed by atoms with Gasteiger partial charge in [0.1, 0.15) is 0 Å². The lowest BCUT2D eigenvalue weighted by Gasteiger charge is -2.33. The van der Waals surface area contributed by atoms with Crippen LogP contribution in [0, 0.1) is 0 Å². The molecule has 1 amide bonds. The number of amides is 1. The van der Waals surface area contributed by atoms with E-state index >= 15 is 0 Å². The molecular weight excluding hydrogens is 650 g/mol. The number of nitrogens with one attached hydrogen (secondary N) is 1. The molecule has 0 saturated heterocycles. The van der Waals surface area contributed by atoms with Crippen molar-refractivity contribution in [3.8, 4) is 0 Å². The maximum Gasteiger partial charge on any atom is 0.417 e. The number of hydrogen-bond acceptors (Lipinski definition) is 7. The minimum Gasteiger partial charge on any atom is -0.461 e. The Hall–Kier alpha value is -2.80. The number of carbonyl (C=O) groups is 2. The molecule has 0 saturated carbocycles. The lowest BCUT2D eigenvalue weighted by molar-refractivity contribution is -0.137. The van der Waals surface area contributed by atoms with Crippen LogP contribution >= 0.6 is 35.0 Å². The van der Waals surface area contributed by atoms with Crippen molar-refractivity contribution < 1.29 is 27.5 Å². The van der Waals surface area contributed by atoms with Crippen LogP contribution in [0.1, 0.15) is 89.4 Å². The monoisotopic (exact) mass is 685 g/mol. The van der Waals surface area contributed by atoms with E-state index in [0.29, 0.717) is 30.1 Å². The Bertz CT molecular complexity index is 1500. The fourth-order valence-corrected chi connectivity index (χ4v) is 6.43. The molecule has 8 nitrogen and oxygen atoms in total. The average Bonchev–Trinajstić information content (AvgIpc) is 3.37. The van der Waals surface area contributed by atoms with Gasteiger partial charge in [-0.05, 0) is 63.9 Å². The zero-order valence-corrected chi connectivity index (χ0v) is 27.8. The van der Waals surface area contributed by atoms with Gasteiger partial charge in [0.2, 0.25) is 0 Å². The summed E-state index contributed by atoms with van der Waals surface area (Å²) in [7, 11) is 0. The highest BCUT2D eigenvalue weighted by Gasteiger charge is 2.38. The molecule has 0 radical (unpaired) electrons. The molecule has 3 heterocycles. The number of rotatable bonds is 12. The van der Waals surface area contributed by atoms with Crippen molar-refractivity contribution in [2.75, 3.05) is 24.8 Å². The Morgan fingerprint density at radius 3 is 2.62 bits per heavy atom. The summed E-state index contributed by atoms with van der Waals surface area (Å²) in [4.78, 5) is 32.7. The van der Waals surface area contributed by atoms with E-state index in [2.05, 4.69) is 10.3 Å². The summed E-state index contributed by atoms with van der Waals surface area (Å²) in [5.41, 5.74) is 1.18. The first-order chi connectivity index (χ1) is 21.3. The molecule has 3 atom stereocenters. The van der Waals surface area contributed by atoms with Gasteiger partial charge in [-0.25, -0.2) is 9.78 Å². The molecule has 244 valence electrons. The van der Waals surface area contributed by atoms with Gasteiger partial charge < -0.3 is 15.0 Å². The maximum absolute atomic E-state index is 13.5. The van der Waals surface area contributed by atoms with Gasteiger partial charge >= 0.3 is 12.1 Å². The standard InChI is InChI=1S/C31H36Cl2F3N5O3S/c1-5-44-30(43)28-23-17-40(29(42)21-7-9-25(33)24(14-21)31(34,35)36)18(2)13-26(23)39-41(28)19(3)15-37-20(4)22-8-10-27(38-16-22)45-12-6-11-32/h7-10,14,16,18-20,37H,5-6,11-13,15,17H2,1-4H3/t18-,19-,20?/m1/s1. The number of pyridine rings is 1. The highest BCUT2D eigenvalue weighted by Crippen LogP contribution is 2.36. The molecule has 4 rings (SSSR count). The number of fused-ring (bicyclic) bond motifs is 1. The first-order valence-corrected chi connectivity index (χ1v) is 16.6. The second-order valence-corrected chi connectivity index (χ2v) is 12.8. The molecule has 3 aromatic rings. The molecule has 2 aromatic heterocycles. The van der Waals surface area contributed by atoms with Crippen molar-refractivity contribution in [3.05, 3.63) is 75.2 Å². The molecule has 0 bridgehead atoms. The van der Waals surface area contributed by atoms with E-state index in [4.69, 9.17) is 33.0 Å². The summed E-state index contributed by atoms with van der Waals surface area (Å²) in [6, 6.07) is 6.43. The van der Waals surface area contributed by atoms with E-state index in [0.717, 1.165) is 34.9 Å². The van der Waals surface area contributed by atoms with E-state index in [1.54, 1.807) is 30.3 Å². The van der Waals surface area contributed by atoms with Crippen LogP contribution < -0.4 is 5.32 Å². The topological polar surface area (TPSA) is 89.3 Å². The fraction of sp³-hybridized carbons (Fsp3) is 0.484. The fourth-order valence-electron chi connectivity index (χ4n) is 5.13. The number of esters is 1. The van der Waals surface area contributed by atoms with Crippen LogP contribution in [0.5, 0.6) is 0 Å². The van der Waals surface area contributed by atoms with Crippen LogP contribution in [0.15, 0.2) is 41.6 Å². The first kappa shape index (κ1) is 35.1. The third kappa shape index (κ3) is 8.33. The molecule has 0 spiro atoms. The number of halogens is 5. The summed E-state index contributed by atoms with van der Waals surface area (Å²) < 4.78 is 47.5. The zero-order chi connectivity index (χ0) is 32.9. The summed E-state index contributed by atoms with van der Waals surface area (Å²) >= 11 is 13.2. The van der Waals surface area contributed by atoms with Crippen molar-refractivity contribution >= 4 is 46.8 Å². The van der Waals surface area contributed by atoms with E-state index < -0.39 is 28.6 Å². The lowest BCUT2D eigenvalue weighted by Crippen LogP contribution is -2.43. The van der Waals surface area contributed by atoms with Crippen molar-refractivity contribution in [1.82, 2.24) is 25.0 Å². The van der Waals surface area contributed by atoms with E-state index in [-0.39, 0.29) is 42.5 Å². The second kappa shape index (κ2) is 15.2. The average molecular weight is 687 g/mol. The van der Waals surface area contributed by atoms with Gasteiger partial charge in [-0.2, -0.15) is 18.3 Å². The molecule has 14 heteroatoms. The van der Waals surface area contributed by atoms with Gasteiger partial charge in [0.15, 0.2) is 5.69 Å². The molecule has 1 aliphatic heterocycles. The number of nitrogens with zero attached hydrogens (tertiary/aromatic N) is 4. The van der Waals surface area contributed by atoms with E-state index in [1.807, 2.05) is 32.2 Å². The minimum atomic E-state index is -4.71. The van der Waals surface area contributed by atoms with Gasteiger partial charge in [0, 0.05) is 54.0 Å². The highest BCUT2D eigenvalue weighted by atomic mass is 35.5. The highest BCUT2D eigenvalue weighted by molar-refractivity contribution is 7.99. The van der Waals surface area contributed by atoms with Gasteiger partial charge in [-0.1, -0.05) is 17.7 Å². The minimum absolute atomic E-state index is 0.00900. The van der Waals surface area contributed by atoms with E-state index in [1.165, 1.54) is 11.0 Å². The van der Waals surface area contributed by atoms with Crippen LogP contribution in [0.2, 0.25) is 5.02 Å². The number of hydrogen-bond donors (Lipinski definition) is 1. The van der Waals surface area contributed by atoms with Crippen molar-refractivity contribution in [2.45, 2.75) is 76.4 Å². The molecule has 1 aromatic carbocycles. The Kier molecular flexibility index (Phi) is 11.8. The Morgan fingerprint density at radius 2 is 1.98 bits per heavy atom. The third-order valence-electron chi connectivity index (χ3n) is 7.61. The molecule has 0 fully saturated rings. The van der Waals surface area contributed by atoms with Crippen LogP contribution in [-0.2, 0) is 23.9 Å². The smallest absolute Gasteiger partial charge is 0.417 e. The predicted molar refractivity (Wildman–Crippen MR) is 169 cm³/mol. The van der Waals surface area contributed by atoms with Gasteiger partial charge in [-0.15, -0.1) is 23.4 Å². The predicted octanol–water partition coefficient (Wildman–Crippen LogP) is 7.35. The third-order valence-corrected chi connectivity index (χ3v) is 9.24. The first-order valence-electron chi connectivity index (χ1n) is 14.7.